The van der Waals surface area contributed by atoms with Crippen molar-refractivity contribution in [3.63, 3.8) is 0 Å². The second-order valence-corrected chi connectivity index (χ2v) is 10.0. The van der Waals surface area contributed by atoms with Crippen molar-refractivity contribution < 1.29 is 16.8 Å². The van der Waals surface area contributed by atoms with E-state index in [-0.39, 0.29) is 18.0 Å². The van der Waals surface area contributed by atoms with E-state index in [2.05, 4.69) is 0 Å². The Morgan fingerprint density at radius 1 is 1.14 bits per heavy atom. The SMILES string of the molecule is Cc1ccc(Cl)cc1S(=O)(=O)N1CCC(S(C)(=O)=O)CC1. The zero-order valence-electron chi connectivity index (χ0n) is 11.9. The lowest BCUT2D eigenvalue weighted by Gasteiger charge is -2.30. The molecule has 1 aromatic rings. The molecule has 0 N–H and O–H groups in total. The van der Waals surface area contributed by atoms with E-state index in [1.165, 1.54) is 16.6 Å². The molecule has 1 heterocycles. The number of piperidine rings is 1. The third-order valence-electron chi connectivity index (χ3n) is 3.77. The minimum atomic E-state index is -3.63. The predicted octanol–water partition coefficient (Wildman–Crippen LogP) is 1.85. The van der Waals surface area contributed by atoms with Gasteiger partial charge in [-0.25, -0.2) is 16.8 Å². The quantitative estimate of drug-likeness (QED) is 0.833. The van der Waals surface area contributed by atoms with Gasteiger partial charge in [0.05, 0.1) is 10.1 Å². The summed E-state index contributed by atoms with van der Waals surface area (Å²) in [4.78, 5) is 0.188. The van der Waals surface area contributed by atoms with Crippen molar-refractivity contribution in [2.45, 2.75) is 29.9 Å². The molecule has 0 aromatic heterocycles. The van der Waals surface area contributed by atoms with Crippen LogP contribution in [0.2, 0.25) is 5.02 Å². The fourth-order valence-electron chi connectivity index (χ4n) is 2.49. The van der Waals surface area contributed by atoms with Gasteiger partial charge in [-0.15, -0.1) is 0 Å². The van der Waals surface area contributed by atoms with E-state index < -0.39 is 25.1 Å². The zero-order valence-corrected chi connectivity index (χ0v) is 14.3. The van der Waals surface area contributed by atoms with Gasteiger partial charge in [-0.1, -0.05) is 17.7 Å². The summed E-state index contributed by atoms with van der Waals surface area (Å²) in [6.07, 6.45) is 1.86. The van der Waals surface area contributed by atoms with E-state index >= 15 is 0 Å². The molecule has 0 aliphatic carbocycles. The average Bonchev–Trinajstić information content (AvgIpc) is 2.40. The molecular formula is C13H18ClNO4S2. The molecule has 0 bridgehead atoms. The van der Waals surface area contributed by atoms with Gasteiger partial charge in [0.25, 0.3) is 0 Å². The minimum absolute atomic E-state index is 0.188. The van der Waals surface area contributed by atoms with Crippen molar-refractivity contribution in [3.8, 4) is 0 Å². The molecule has 2 rings (SSSR count). The molecule has 1 fully saturated rings. The summed E-state index contributed by atoms with van der Waals surface area (Å²) in [5.74, 6) is 0. The molecular weight excluding hydrogens is 334 g/mol. The van der Waals surface area contributed by atoms with E-state index in [9.17, 15) is 16.8 Å². The number of hydrogen-bond donors (Lipinski definition) is 0. The van der Waals surface area contributed by atoms with E-state index in [0.29, 0.717) is 23.4 Å². The van der Waals surface area contributed by atoms with E-state index in [0.717, 1.165) is 0 Å². The van der Waals surface area contributed by atoms with Crippen LogP contribution in [0.4, 0.5) is 0 Å². The van der Waals surface area contributed by atoms with E-state index in [1.807, 2.05) is 0 Å². The lowest BCUT2D eigenvalue weighted by molar-refractivity contribution is 0.346. The van der Waals surface area contributed by atoms with Gasteiger partial charge in [-0.2, -0.15) is 4.31 Å². The third kappa shape index (κ3) is 3.59. The number of halogens is 1. The first-order valence-corrected chi connectivity index (χ1v) is 10.3. The van der Waals surface area contributed by atoms with Gasteiger partial charge in [0, 0.05) is 24.4 Å². The molecule has 21 heavy (non-hydrogen) atoms. The van der Waals surface area contributed by atoms with Gasteiger partial charge in [0.1, 0.15) is 9.84 Å². The standard InChI is InChI=1S/C13H18ClNO4S2/c1-10-3-4-11(14)9-13(10)21(18,19)15-7-5-12(6-8-15)20(2,16)17/h3-4,9,12H,5-8H2,1-2H3. The summed E-state index contributed by atoms with van der Waals surface area (Å²) < 4.78 is 49.7. The van der Waals surface area contributed by atoms with Crippen molar-refractivity contribution in [1.29, 1.82) is 0 Å². The van der Waals surface area contributed by atoms with Gasteiger partial charge in [0.15, 0.2) is 0 Å². The molecule has 5 nitrogen and oxygen atoms in total. The highest BCUT2D eigenvalue weighted by Crippen LogP contribution is 2.27. The average molecular weight is 352 g/mol. The summed E-state index contributed by atoms with van der Waals surface area (Å²) in [6.45, 7) is 2.14. The molecule has 1 saturated heterocycles. The Balaban J connectivity index is 2.25. The van der Waals surface area contributed by atoms with Crippen LogP contribution in [0.1, 0.15) is 18.4 Å². The predicted molar refractivity (Wildman–Crippen MR) is 82.8 cm³/mol. The molecule has 0 amide bonds. The number of aryl methyl sites for hydroxylation is 1. The summed E-state index contributed by atoms with van der Waals surface area (Å²) in [5.41, 5.74) is 0.629. The molecule has 1 aliphatic heterocycles. The van der Waals surface area contributed by atoms with Crippen LogP contribution in [0.15, 0.2) is 23.1 Å². The van der Waals surface area contributed by atoms with Crippen LogP contribution >= 0.6 is 11.6 Å². The van der Waals surface area contributed by atoms with Crippen LogP contribution in [0.5, 0.6) is 0 Å². The monoisotopic (exact) mass is 351 g/mol. The van der Waals surface area contributed by atoms with Crippen LogP contribution in [-0.4, -0.2) is 45.7 Å². The van der Waals surface area contributed by atoms with Crippen LogP contribution in [0.3, 0.4) is 0 Å². The Labute approximate surface area is 130 Å². The third-order valence-corrected chi connectivity index (χ3v) is 7.73. The lowest BCUT2D eigenvalue weighted by Crippen LogP contribution is -2.42. The molecule has 0 unspecified atom stereocenters. The molecule has 0 atom stereocenters. The van der Waals surface area contributed by atoms with Crippen LogP contribution in [0.25, 0.3) is 0 Å². The Kier molecular flexibility index (Phi) is 4.68. The smallest absolute Gasteiger partial charge is 0.229 e. The van der Waals surface area contributed by atoms with Gasteiger partial charge in [0.2, 0.25) is 10.0 Å². The lowest BCUT2D eigenvalue weighted by atomic mass is 10.2. The van der Waals surface area contributed by atoms with Crippen LogP contribution in [-0.2, 0) is 19.9 Å². The minimum Gasteiger partial charge on any atom is -0.229 e. The normalized spacial score (nSPS) is 18.8. The highest BCUT2D eigenvalue weighted by atomic mass is 35.5. The second-order valence-electron chi connectivity index (χ2n) is 5.34. The molecule has 0 spiro atoms. The molecule has 0 saturated carbocycles. The summed E-state index contributed by atoms with van der Waals surface area (Å²) in [7, 11) is -6.75. The molecule has 118 valence electrons. The topological polar surface area (TPSA) is 71.5 Å². The largest absolute Gasteiger partial charge is 0.243 e. The van der Waals surface area contributed by atoms with Crippen molar-refractivity contribution in [1.82, 2.24) is 4.31 Å². The van der Waals surface area contributed by atoms with Crippen LogP contribution < -0.4 is 0 Å². The Morgan fingerprint density at radius 2 is 1.71 bits per heavy atom. The van der Waals surface area contributed by atoms with Gasteiger partial charge < -0.3 is 0 Å². The first-order valence-electron chi connectivity index (χ1n) is 6.57. The maximum atomic E-state index is 12.6. The number of nitrogens with zero attached hydrogens (tertiary/aromatic N) is 1. The molecule has 0 radical (unpaired) electrons. The first-order chi connectivity index (χ1) is 9.62. The van der Waals surface area contributed by atoms with Crippen molar-refractivity contribution in [2.75, 3.05) is 19.3 Å². The molecule has 8 heteroatoms. The first kappa shape index (κ1) is 16.7. The maximum Gasteiger partial charge on any atom is 0.243 e. The van der Waals surface area contributed by atoms with Gasteiger partial charge >= 0.3 is 0 Å². The van der Waals surface area contributed by atoms with Gasteiger partial charge in [-0.3, -0.25) is 0 Å². The molecule has 1 aliphatic rings. The Hall–Kier alpha value is -0.630. The van der Waals surface area contributed by atoms with E-state index in [4.69, 9.17) is 11.6 Å². The summed E-state index contributed by atoms with van der Waals surface area (Å²) in [6, 6.07) is 4.75. The highest BCUT2D eigenvalue weighted by molar-refractivity contribution is 7.91. The summed E-state index contributed by atoms with van der Waals surface area (Å²) in [5, 5.41) is -0.0883. The van der Waals surface area contributed by atoms with Crippen molar-refractivity contribution >= 4 is 31.5 Å². The number of sulfonamides is 1. The van der Waals surface area contributed by atoms with Crippen LogP contribution in [0, 0.1) is 6.92 Å². The summed E-state index contributed by atoms with van der Waals surface area (Å²) >= 11 is 5.88. The molecule has 1 aromatic carbocycles. The van der Waals surface area contributed by atoms with Gasteiger partial charge in [-0.05, 0) is 37.5 Å². The van der Waals surface area contributed by atoms with Crippen molar-refractivity contribution in [2.24, 2.45) is 0 Å². The maximum absolute atomic E-state index is 12.6. The Bertz CT molecular complexity index is 735. The second kappa shape index (κ2) is 5.87. The number of rotatable bonds is 3. The fraction of sp³-hybridized carbons (Fsp3) is 0.538. The number of hydrogen-bond acceptors (Lipinski definition) is 4. The Morgan fingerprint density at radius 3 is 2.24 bits per heavy atom. The zero-order chi connectivity index (χ0) is 15.8. The highest BCUT2D eigenvalue weighted by Gasteiger charge is 2.33. The van der Waals surface area contributed by atoms with E-state index in [1.54, 1.807) is 19.1 Å². The number of benzene rings is 1. The number of sulfone groups is 1. The fourth-order valence-corrected chi connectivity index (χ4v) is 5.52. The van der Waals surface area contributed by atoms with Crippen molar-refractivity contribution in [3.05, 3.63) is 28.8 Å².